The van der Waals surface area contributed by atoms with Crippen LogP contribution in [0.5, 0.6) is 0 Å². The topological polar surface area (TPSA) is 70.7 Å². The largest absolute Gasteiger partial charge is 0.385 e. The lowest BCUT2D eigenvalue weighted by molar-refractivity contribution is -0.00539. The van der Waals surface area contributed by atoms with Crippen LogP contribution in [-0.4, -0.2) is 51.0 Å². The monoisotopic (exact) mass is 455 g/mol. The van der Waals surface area contributed by atoms with Crippen molar-refractivity contribution in [3.8, 4) is 0 Å². The van der Waals surface area contributed by atoms with Crippen molar-refractivity contribution in [2.75, 3.05) is 29.9 Å². The lowest BCUT2D eigenvalue weighted by Crippen LogP contribution is -2.46. The number of anilines is 2. The van der Waals surface area contributed by atoms with Crippen molar-refractivity contribution >= 4 is 21.4 Å². The van der Waals surface area contributed by atoms with Crippen molar-refractivity contribution in [3.05, 3.63) is 24.0 Å². The van der Waals surface area contributed by atoms with Gasteiger partial charge in [0.2, 0.25) is 10.0 Å². The quantitative estimate of drug-likeness (QED) is 0.675. The van der Waals surface area contributed by atoms with Crippen molar-refractivity contribution < 1.29 is 17.5 Å². The van der Waals surface area contributed by atoms with Crippen molar-refractivity contribution in [1.29, 1.82) is 0 Å². The highest BCUT2D eigenvalue weighted by Gasteiger charge is 2.32. The normalized spacial score (nSPS) is 27.9. The maximum Gasteiger partial charge on any atom is 0.216 e. The van der Waals surface area contributed by atoms with Gasteiger partial charge < -0.3 is 15.0 Å². The first-order chi connectivity index (χ1) is 14.4. The molecule has 8 heteroatoms. The van der Waals surface area contributed by atoms with E-state index in [0.29, 0.717) is 24.7 Å². The van der Waals surface area contributed by atoms with E-state index in [-0.39, 0.29) is 24.1 Å². The van der Waals surface area contributed by atoms with E-state index in [1.165, 1.54) is 0 Å². The minimum absolute atomic E-state index is 0.00973. The first-order valence-electron chi connectivity index (χ1n) is 11.4. The second-order valence-corrected chi connectivity index (χ2v) is 12.6. The Morgan fingerprint density at radius 2 is 1.71 bits per heavy atom. The third-order valence-corrected chi connectivity index (χ3v) is 8.53. The first kappa shape index (κ1) is 24.3. The molecule has 0 aromatic heterocycles. The molecule has 176 valence electrons. The predicted molar refractivity (Wildman–Crippen MR) is 125 cm³/mol. The molecule has 3 rings (SSSR count). The highest BCUT2D eigenvalue weighted by molar-refractivity contribution is 7.90. The number of sulfonamides is 1. The van der Waals surface area contributed by atoms with Crippen LogP contribution >= 0.6 is 0 Å². The van der Waals surface area contributed by atoms with E-state index in [1.807, 2.05) is 26.0 Å². The molecule has 2 N–H and O–H groups in total. The Kier molecular flexibility index (Phi) is 7.54. The van der Waals surface area contributed by atoms with Crippen LogP contribution in [-0.2, 0) is 14.8 Å². The van der Waals surface area contributed by atoms with E-state index >= 15 is 0 Å². The van der Waals surface area contributed by atoms with Crippen molar-refractivity contribution in [1.82, 2.24) is 4.72 Å². The zero-order valence-corrected chi connectivity index (χ0v) is 20.3. The Hall–Kier alpha value is -1.38. The highest BCUT2D eigenvalue weighted by Crippen LogP contribution is 2.29. The lowest BCUT2D eigenvalue weighted by Gasteiger charge is -2.37. The number of hydrogen-bond donors (Lipinski definition) is 2. The Labute approximate surface area is 187 Å². The zero-order valence-electron chi connectivity index (χ0n) is 19.4. The maximum atomic E-state index is 14.8. The van der Waals surface area contributed by atoms with Gasteiger partial charge in [0.05, 0.1) is 22.6 Å². The van der Waals surface area contributed by atoms with E-state index in [1.54, 1.807) is 26.8 Å². The van der Waals surface area contributed by atoms with E-state index in [4.69, 9.17) is 4.74 Å². The molecular formula is C23H38FN3O3S. The molecule has 2 aliphatic rings. The van der Waals surface area contributed by atoms with Gasteiger partial charge in [-0.05, 0) is 84.4 Å². The molecule has 31 heavy (non-hydrogen) atoms. The van der Waals surface area contributed by atoms with Crippen LogP contribution in [0.15, 0.2) is 18.2 Å². The number of rotatable bonds is 6. The molecule has 2 atom stereocenters. The predicted octanol–water partition coefficient (Wildman–Crippen LogP) is 4.13. The fourth-order valence-electron chi connectivity index (χ4n) is 4.39. The van der Waals surface area contributed by atoms with Gasteiger partial charge in [-0.25, -0.2) is 17.5 Å². The second-order valence-electron chi connectivity index (χ2n) is 10.2. The molecule has 1 aromatic carbocycles. The molecule has 1 aliphatic heterocycles. The summed E-state index contributed by atoms with van der Waals surface area (Å²) >= 11 is 0. The molecule has 0 bridgehead atoms. The molecule has 6 nitrogen and oxygen atoms in total. The number of nitrogens with one attached hydrogen (secondary N) is 2. The molecule has 1 heterocycles. The van der Waals surface area contributed by atoms with Crippen molar-refractivity contribution in [2.45, 2.75) is 83.3 Å². The second kappa shape index (κ2) is 9.63. The number of morpholine rings is 1. The van der Waals surface area contributed by atoms with Gasteiger partial charge in [0, 0.05) is 31.4 Å². The SMILES string of the molecule is C[C@@H]1CN(c2ccc(NC[C@H]3CC[C@H](NS(=O)(=O)C(C)(C)C)CC3)cc2F)C[C@H](C)O1. The molecular weight excluding hydrogens is 417 g/mol. The summed E-state index contributed by atoms with van der Waals surface area (Å²) in [5, 5.41) is 3.37. The van der Waals surface area contributed by atoms with E-state index in [0.717, 1.165) is 37.9 Å². The molecule has 0 spiro atoms. The third kappa shape index (κ3) is 6.33. The third-order valence-electron chi connectivity index (χ3n) is 6.28. The van der Waals surface area contributed by atoms with Gasteiger partial charge in [-0.15, -0.1) is 0 Å². The molecule has 1 aromatic rings. The smallest absolute Gasteiger partial charge is 0.216 e. The summed E-state index contributed by atoms with van der Waals surface area (Å²) < 4.78 is 47.3. The van der Waals surface area contributed by atoms with Crippen LogP contribution in [0.4, 0.5) is 15.8 Å². The number of halogens is 1. The minimum Gasteiger partial charge on any atom is -0.385 e. The van der Waals surface area contributed by atoms with Crippen LogP contribution in [0.3, 0.4) is 0 Å². The van der Waals surface area contributed by atoms with Gasteiger partial charge in [0.1, 0.15) is 5.82 Å². The lowest BCUT2D eigenvalue weighted by atomic mass is 9.86. The summed E-state index contributed by atoms with van der Waals surface area (Å²) in [4.78, 5) is 2.05. The van der Waals surface area contributed by atoms with Crippen LogP contribution < -0.4 is 14.9 Å². The Morgan fingerprint density at radius 3 is 2.26 bits per heavy atom. The van der Waals surface area contributed by atoms with Crippen LogP contribution in [0.2, 0.25) is 0 Å². The summed E-state index contributed by atoms with van der Waals surface area (Å²) in [5.41, 5.74) is 1.41. The summed E-state index contributed by atoms with van der Waals surface area (Å²) in [7, 11) is -3.31. The van der Waals surface area contributed by atoms with Gasteiger partial charge in [-0.1, -0.05) is 0 Å². The number of benzene rings is 1. The average Bonchev–Trinajstić information content (AvgIpc) is 2.65. The number of ether oxygens (including phenoxy) is 1. The van der Waals surface area contributed by atoms with Gasteiger partial charge in [0.25, 0.3) is 0 Å². The van der Waals surface area contributed by atoms with Gasteiger partial charge in [-0.2, -0.15) is 0 Å². The van der Waals surface area contributed by atoms with E-state index < -0.39 is 14.8 Å². The molecule has 1 saturated heterocycles. The van der Waals surface area contributed by atoms with Crippen molar-refractivity contribution in [2.24, 2.45) is 5.92 Å². The summed E-state index contributed by atoms with van der Waals surface area (Å²) in [6.45, 7) is 11.3. The molecule has 1 aliphatic carbocycles. The summed E-state index contributed by atoms with van der Waals surface area (Å²) in [6.07, 6.45) is 3.75. The summed E-state index contributed by atoms with van der Waals surface area (Å²) in [5.74, 6) is 0.241. The Morgan fingerprint density at radius 1 is 1.10 bits per heavy atom. The molecule has 2 fully saturated rings. The maximum absolute atomic E-state index is 14.8. The van der Waals surface area contributed by atoms with Crippen LogP contribution in [0, 0.1) is 11.7 Å². The zero-order chi connectivity index (χ0) is 22.8. The van der Waals surface area contributed by atoms with E-state index in [2.05, 4.69) is 14.9 Å². The number of hydrogen-bond acceptors (Lipinski definition) is 5. The van der Waals surface area contributed by atoms with Gasteiger partial charge in [0.15, 0.2) is 0 Å². The molecule has 0 radical (unpaired) electrons. The van der Waals surface area contributed by atoms with Gasteiger partial charge >= 0.3 is 0 Å². The van der Waals surface area contributed by atoms with Crippen molar-refractivity contribution in [3.63, 3.8) is 0 Å². The fourth-order valence-corrected chi connectivity index (χ4v) is 5.42. The average molecular weight is 456 g/mol. The van der Waals surface area contributed by atoms with Crippen LogP contribution in [0.1, 0.15) is 60.3 Å². The standard InChI is InChI=1S/C23H38FN3O3S/c1-16-14-27(15-17(2)30-16)22-11-10-20(12-21(22)24)25-13-18-6-8-19(9-7-18)26-31(28,29)23(3,4)5/h10-12,16-19,25-26H,6-9,13-15H2,1-5H3/t16-,17+,18-,19-. The Balaban J connectivity index is 1.49. The van der Waals surface area contributed by atoms with Crippen LogP contribution in [0.25, 0.3) is 0 Å². The number of nitrogens with zero attached hydrogens (tertiary/aromatic N) is 1. The Bertz CT molecular complexity index is 838. The molecule has 1 saturated carbocycles. The van der Waals surface area contributed by atoms with E-state index in [9.17, 15) is 12.8 Å². The first-order valence-corrected chi connectivity index (χ1v) is 12.9. The molecule has 0 unspecified atom stereocenters. The molecule has 0 amide bonds. The fraction of sp³-hybridized carbons (Fsp3) is 0.739. The minimum atomic E-state index is -3.31. The summed E-state index contributed by atoms with van der Waals surface area (Å²) in [6, 6.07) is 5.37. The highest BCUT2D eigenvalue weighted by atomic mass is 32.2. The van der Waals surface area contributed by atoms with Gasteiger partial charge in [-0.3, -0.25) is 0 Å².